The number of amidine groups is 1. The topological polar surface area (TPSA) is 28.0 Å². The lowest BCUT2D eigenvalue weighted by Crippen LogP contribution is -2.25. The van der Waals surface area contributed by atoms with Gasteiger partial charge in [0.25, 0.3) is 0 Å². The highest BCUT2D eigenvalue weighted by molar-refractivity contribution is 6.00. The third-order valence-electron chi connectivity index (χ3n) is 2.33. The van der Waals surface area contributed by atoms with Gasteiger partial charge in [0.05, 0.1) is 5.70 Å². The lowest BCUT2D eigenvalue weighted by molar-refractivity contribution is 0.589. The zero-order valence-electron chi connectivity index (χ0n) is 7.59. The van der Waals surface area contributed by atoms with E-state index in [0.29, 0.717) is 0 Å². The average Bonchev–Trinajstić information content (AvgIpc) is 2.26. The van der Waals surface area contributed by atoms with Gasteiger partial charge in [-0.05, 0) is 24.6 Å². The van der Waals surface area contributed by atoms with E-state index in [2.05, 4.69) is 16.2 Å². The molecule has 2 aliphatic heterocycles. The molecule has 68 valence electrons. The SMILES string of the molecule is C1=CCC2=CN3N=CC=CC3=NC2=C1. The fourth-order valence-electron chi connectivity index (χ4n) is 1.63. The molecule has 3 heteroatoms. The number of hydrogen-bond donors (Lipinski definition) is 0. The second-order valence-corrected chi connectivity index (χ2v) is 3.28. The summed E-state index contributed by atoms with van der Waals surface area (Å²) < 4.78 is 0. The summed E-state index contributed by atoms with van der Waals surface area (Å²) in [6.45, 7) is 0. The fraction of sp³-hybridized carbons (Fsp3) is 0.0909. The van der Waals surface area contributed by atoms with Crippen molar-refractivity contribution < 1.29 is 0 Å². The summed E-state index contributed by atoms with van der Waals surface area (Å²) in [7, 11) is 0. The highest BCUT2D eigenvalue weighted by Gasteiger charge is 2.17. The molecule has 0 aromatic rings. The summed E-state index contributed by atoms with van der Waals surface area (Å²) in [4.78, 5) is 4.51. The van der Waals surface area contributed by atoms with Gasteiger partial charge in [-0.2, -0.15) is 5.10 Å². The Labute approximate surface area is 82.1 Å². The lowest BCUT2D eigenvalue weighted by atomic mass is 10.0. The van der Waals surface area contributed by atoms with Crippen molar-refractivity contribution in [2.45, 2.75) is 6.42 Å². The van der Waals surface area contributed by atoms with Crippen molar-refractivity contribution >= 4 is 12.1 Å². The Morgan fingerprint density at radius 3 is 3.29 bits per heavy atom. The average molecular weight is 183 g/mol. The van der Waals surface area contributed by atoms with Crippen LogP contribution in [0.15, 0.2) is 57.9 Å². The number of aliphatic imine (C=N–C) groups is 1. The van der Waals surface area contributed by atoms with E-state index in [9.17, 15) is 0 Å². The number of fused-ring (bicyclic) bond motifs is 2. The quantitative estimate of drug-likeness (QED) is 0.564. The fourth-order valence-corrected chi connectivity index (χ4v) is 1.63. The monoisotopic (exact) mass is 183 g/mol. The molecule has 3 rings (SSSR count). The molecule has 1 aliphatic carbocycles. The van der Waals surface area contributed by atoms with Gasteiger partial charge in [-0.1, -0.05) is 12.2 Å². The van der Waals surface area contributed by atoms with Gasteiger partial charge >= 0.3 is 0 Å². The van der Waals surface area contributed by atoms with E-state index in [-0.39, 0.29) is 0 Å². The Bertz CT molecular complexity index is 447. The Kier molecular flexibility index (Phi) is 1.50. The first-order chi connectivity index (χ1) is 6.93. The minimum Gasteiger partial charge on any atom is -0.229 e. The predicted octanol–water partition coefficient (Wildman–Crippen LogP) is 1.98. The highest BCUT2D eigenvalue weighted by atomic mass is 15.5. The molecule has 0 atom stereocenters. The molecule has 0 saturated carbocycles. The maximum absolute atomic E-state index is 4.51. The van der Waals surface area contributed by atoms with Crippen LogP contribution >= 0.6 is 0 Å². The molecule has 0 radical (unpaired) electrons. The van der Waals surface area contributed by atoms with Gasteiger partial charge < -0.3 is 0 Å². The molecule has 0 fully saturated rings. The summed E-state index contributed by atoms with van der Waals surface area (Å²) in [5.74, 6) is 0.887. The van der Waals surface area contributed by atoms with Crippen LogP contribution in [0.1, 0.15) is 6.42 Å². The van der Waals surface area contributed by atoms with E-state index in [1.165, 1.54) is 5.57 Å². The normalized spacial score (nSPS) is 22.3. The maximum Gasteiger partial charge on any atom is 0.154 e. The van der Waals surface area contributed by atoms with Gasteiger partial charge in [-0.3, -0.25) is 0 Å². The van der Waals surface area contributed by atoms with Crippen LogP contribution in [0.2, 0.25) is 0 Å². The number of allylic oxidation sites excluding steroid dienone is 5. The summed E-state index contributed by atoms with van der Waals surface area (Å²) >= 11 is 0. The second-order valence-electron chi connectivity index (χ2n) is 3.28. The van der Waals surface area contributed by atoms with Gasteiger partial charge in [0.1, 0.15) is 0 Å². The molecule has 0 saturated heterocycles. The molecule has 3 aliphatic rings. The summed E-state index contributed by atoms with van der Waals surface area (Å²) in [5, 5.41) is 6.02. The van der Waals surface area contributed by atoms with E-state index < -0.39 is 0 Å². The first-order valence-corrected chi connectivity index (χ1v) is 4.60. The maximum atomic E-state index is 4.51. The number of rotatable bonds is 0. The molecule has 3 nitrogen and oxygen atoms in total. The molecular formula is C11H9N3. The highest BCUT2D eigenvalue weighted by Crippen LogP contribution is 2.26. The first kappa shape index (κ1) is 7.50. The largest absolute Gasteiger partial charge is 0.229 e. The van der Waals surface area contributed by atoms with E-state index in [0.717, 1.165) is 18.0 Å². The van der Waals surface area contributed by atoms with Crippen molar-refractivity contribution in [2.75, 3.05) is 0 Å². The van der Waals surface area contributed by atoms with E-state index >= 15 is 0 Å². The van der Waals surface area contributed by atoms with Crippen molar-refractivity contribution in [1.29, 1.82) is 0 Å². The Hall–Kier alpha value is -1.90. The lowest BCUT2D eigenvalue weighted by Gasteiger charge is -2.24. The molecule has 0 amide bonds. The zero-order valence-corrected chi connectivity index (χ0v) is 7.59. The molecule has 0 unspecified atom stereocenters. The molecule has 0 aromatic heterocycles. The van der Waals surface area contributed by atoms with Crippen LogP contribution in [0, 0.1) is 0 Å². The van der Waals surface area contributed by atoms with Crippen molar-refractivity contribution in [3.63, 3.8) is 0 Å². The van der Waals surface area contributed by atoms with Crippen LogP contribution in [0.25, 0.3) is 0 Å². The Morgan fingerprint density at radius 2 is 2.29 bits per heavy atom. The van der Waals surface area contributed by atoms with E-state index in [4.69, 9.17) is 0 Å². The van der Waals surface area contributed by atoms with Crippen molar-refractivity contribution in [1.82, 2.24) is 5.01 Å². The van der Waals surface area contributed by atoms with E-state index in [1.54, 1.807) is 6.21 Å². The van der Waals surface area contributed by atoms with Crippen LogP contribution in [0.3, 0.4) is 0 Å². The number of hydrazone groups is 1. The predicted molar refractivity (Wildman–Crippen MR) is 56.8 cm³/mol. The van der Waals surface area contributed by atoms with Gasteiger partial charge in [0.15, 0.2) is 5.84 Å². The van der Waals surface area contributed by atoms with Gasteiger partial charge in [-0.25, -0.2) is 10.0 Å². The molecule has 14 heavy (non-hydrogen) atoms. The second kappa shape index (κ2) is 2.80. The molecule has 0 bridgehead atoms. The van der Waals surface area contributed by atoms with Gasteiger partial charge in [0.2, 0.25) is 0 Å². The van der Waals surface area contributed by atoms with Crippen LogP contribution < -0.4 is 0 Å². The van der Waals surface area contributed by atoms with Crippen molar-refractivity contribution in [2.24, 2.45) is 10.1 Å². The summed E-state index contributed by atoms with van der Waals surface area (Å²) in [5.41, 5.74) is 2.28. The molecule has 0 spiro atoms. The first-order valence-electron chi connectivity index (χ1n) is 4.60. The minimum absolute atomic E-state index is 0.887. The van der Waals surface area contributed by atoms with Crippen LogP contribution in [0.5, 0.6) is 0 Å². The van der Waals surface area contributed by atoms with E-state index in [1.807, 2.05) is 35.5 Å². The van der Waals surface area contributed by atoms with Crippen LogP contribution in [-0.4, -0.2) is 17.1 Å². The third kappa shape index (κ3) is 1.06. The summed E-state index contributed by atoms with van der Waals surface area (Å²) in [6.07, 6.45) is 14.8. The minimum atomic E-state index is 0.887. The van der Waals surface area contributed by atoms with Gasteiger partial charge in [-0.15, -0.1) is 0 Å². The third-order valence-corrected chi connectivity index (χ3v) is 2.33. The van der Waals surface area contributed by atoms with Gasteiger partial charge in [0, 0.05) is 18.0 Å². The van der Waals surface area contributed by atoms with Crippen molar-refractivity contribution in [3.8, 4) is 0 Å². The zero-order chi connectivity index (χ0) is 9.38. The molecular weight excluding hydrogens is 174 g/mol. The molecule has 2 heterocycles. The smallest absolute Gasteiger partial charge is 0.154 e. The number of hydrogen-bond acceptors (Lipinski definition) is 3. The number of nitrogens with zero attached hydrogens (tertiary/aromatic N) is 3. The van der Waals surface area contributed by atoms with Crippen molar-refractivity contribution in [3.05, 3.63) is 47.9 Å². The molecule has 0 N–H and O–H groups in total. The standard InChI is InChI=1S/C11H9N3/c1-2-5-10-9(4-1)8-14-11(13-10)6-3-7-12-14/h1-3,5-8H,4H2. The summed E-state index contributed by atoms with van der Waals surface area (Å²) in [6, 6.07) is 0. The molecule has 0 aromatic carbocycles. The Balaban J connectivity index is 2.08. The Morgan fingerprint density at radius 1 is 1.29 bits per heavy atom. The van der Waals surface area contributed by atoms with Crippen LogP contribution in [-0.2, 0) is 0 Å². The van der Waals surface area contributed by atoms with Crippen LogP contribution in [0.4, 0.5) is 0 Å².